The lowest BCUT2D eigenvalue weighted by Gasteiger charge is -2.27. The average Bonchev–Trinajstić information content (AvgIpc) is 3.06. The molecule has 1 amide bonds. The molecule has 0 saturated heterocycles. The van der Waals surface area contributed by atoms with Crippen molar-refractivity contribution < 1.29 is 14.3 Å². The highest BCUT2D eigenvalue weighted by Crippen LogP contribution is 2.39. The van der Waals surface area contributed by atoms with E-state index < -0.39 is 11.4 Å². The smallest absolute Gasteiger partial charge is 0.332 e. The summed E-state index contributed by atoms with van der Waals surface area (Å²) >= 11 is 12.5. The second-order valence-electron chi connectivity index (χ2n) is 5.11. The van der Waals surface area contributed by atoms with Crippen molar-refractivity contribution in [3.63, 3.8) is 0 Å². The van der Waals surface area contributed by atoms with Gasteiger partial charge < -0.3 is 10.1 Å². The predicted octanol–water partition coefficient (Wildman–Crippen LogP) is 2.81. The molecule has 1 aromatic rings. The molecular weight excluding hydrogens is 323 g/mol. The highest BCUT2D eigenvalue weighted by molar-refractivity contribution is 7.09. The first-order valence-corrected chi connectivity index (χ1v) is 7.89. The van der Waals surface area contributed by atoms with Crippen LogP contribution in [0, 0.1) is 0 Å². The lowest BCUT2D eigenvalue weighted by molar-refractivity contribution is -0.156. The van der Waals surface area contributed by atoms with E-state index >= 15 is 0 Å². The monoisotopic (exact) mass is 334 g/mol. The molecule has 0 aromatic carbocycles. The molecule has 0 radical (unpaired) electrons. The Morgan fingerprint density at radius 1 is 1.35 bits per heavy atom. The molecule has 8 heteroatoms. The third kappa shape index (κ3) is 2.52. The van der Waals surface area contributed by atoms with Gasteiger partial charge in [0.1, 0.15) is 21.5 Å². The summed E-state index contributed by atoms with van der Waals surface area (Å²) in [5.41, 5.74) is -0.882. The molecule has 5 nitrogen and oxygen atoms in total. The molecule has 2 saturated carbocycles. The van der Waals surface area contributed by atoms with Gasteiger partial charge in [-0.1, -0.05) is 23.2 Å². The molecule has 3 rings (SSSR count). The molecule has 0 spiro atoms. The number of carbonyl (C=O) groups is 2. The molecular formula is C12H12Cl2N2O3S. The van der Waals surface area contributed by atoms with Crippen LogP contribution in [0.4, 0.5) is 0 Å². The van der Waals surface area contributed by atoms with E-state index in [1.807, 2.05) is 0 Å². The van der Waals surface area contributed by atoms with Crippen LogP contribution in [0.1, 0.15) is 41.8 Å². The summed E-state index contributed by atoms with van der Waals surface area (Å²) < 4.78 is 9.16. The molecule has 0 aliphatic heterocycles. The third-order valence-electron chi connectivity index (χ3n) is 3.62. The summed E-state index contributed by atoms with van der Waals surface area (Å²) in [7, 11) is 0. The van der Waals surface area contributed by atoms with E-state index in [0.29, 0.717) is 12.8 Å². The number of nitrogens with one attached hydrogen (secondary N) is 1. The van der Waals surface area contributed by atoms with Gasteiger partial charge in [0.05, 0.1) is 0 Å². The Hall–Kier alpha value is -0.850. The Labute approximate surface area is 129 Å². The van der Waals surface area contributed by atoms with E-state index in [1.54, 1.807) is 0 Å². The Morgan fingerprint density at radius 3 is 2.50 bits per heavy atom. The van der Waals surface area contributed by atoms with Crippen molar-refractivity contribution in [1.29, 1.82) is 0 Å². The molecule has 1 heterocycles. The Bertz CT molecular complexity index is 567. The molecule has 1 aromatic heterocycles. The Morgan fingerprint density at radius 2 is 2.05 bits per heavy atom. The number of aromatic nitrogens is 1. The van der Waals surface area contributed by atoms with Gasteiger partial charge in [-0.25, -0.2) is 4.79 Å². The topological polar surface area (TPSA) is 68.3 Å². The molecule has 108 valence electrons. The molecule has 0 bridgehead atoms. The van der Waals surface area contributed by atoms with E-state index in [1.165, 1.54) is 0 Å². The number of amides is 1. The average molecular weight is 335 g/mol. The van der Waals surface area contributed by atoms with Crippen LogP contribution in [0.5, 0.6) is 0 Å². The second kappa shape index (κ2) is 5.16. The zero-order valence-corrected chi connectivity index (χ0v) is 12.8. The van der Waals surface area contributed by atoms with Crippen molar-refractivity contribution in [2.45, 2.75) is 43.7 Å². The number of halogens is 2. The maximum absolute atomic E-state index is 12.1. The zero-order valence-electron chi connectivity index (χ0n) is 10.4. The lowest BCUT2D eigenvalue weighted by Crippen LogP contribution is -2.45. The van der Waals surface area contributed by atoms with Gasteiger partial charge >= 0.3 is 5.97 Å². The first-order chi connectivity index (χ1) is 9.52. The van der Waals surface area contributed by atoms with Crippen LogP contribution in [-0.2, 0) is 9.53 Å². The van der Waals surface area contributed by atoms with Crippen molar-refractivity contribution in [2.24, 2.45) is 0 Å². The maximum Gasteiger partial charge on any atom is 0.332 e. The van der Waals surface area contributed by atoms with Crippen molar-refractivity contribution in [1.82, 2.24) is 9.69 Å². The largest absolute Gasteiger partial charge is 0.461 e. The SMILES string of the molecule is O=C(NC1(C(=O)OC2CCC2)CC1)c1snc(Cl)c1Cl. The maximum atomic E-state index is 12.1. The standard InChI is InChI=1S/C12H12Cl2N2O3S/c13-7-8(20-16-9(7)14)10(17)15-12(4-5-12)11(18)19-6-2-1-3-6/h6H,1-5H2,(H,15,17). The van der Waals surface area contributed by atoms with E-state index in [4.69, 9.17) is 27.9 Å². The van der Waals surface area contributed by atoms with Gasteiger partial charge in [0.2, 0.25) is 0 Å². The second-order valence-corrected chi connectivity index (χ2v) is 6.62. The molecule has 2 fully saturated rings. The molecule has 0 unspecified atom stereocenters. The summed E-state index contributed by atoms with van der Waals surface area (Å²) in [4.78, 5) is 24.4. The van der Waals surface area contributed by atoms with Crippen LogP contribution in [0.15, 0.2) is 0 Å². The van der Waals surface area contributed by atoms with Crippen molar-refractivity contribution in [3.05, 3.63) is 15.1 Å². The number of rotatable bonds is 4. The van der Waals surface area contributed by atoms with Crippen LogP contribution in [0.3, 0.4) is 0 Å². The summed E-state index contributed by atoms with van der Waals surface area (Å²) in [6, 6.07) is 0. The molecule has 20 heavy (non-hydrogen) atoms. The minimum absolute atomic E-state index is 0.0123. The molecule has 2 aliphatic rings. The summed E-state index contributed by atoms with van der Waals surface area (Å²) in [6.45, 7) is 0. The van der Waals surface area contributed by atoms with Crippen LogP contribution < -0.4 is 5.32 Å². The fourth-order valence-electron chi connectivity index (χ4n) is 1.93. The Balaban J connectivity index is 1.65. The van der Waals surface area contributed by atoms with E-state index in [-0.39, 0.29) is 27.1 Å². The van der Waals surface area contributed by atoms with Crippen LogP contribution in [0.2, 0.25) is 10.2 Å². The van der Waals surface area contributed by atoms with Gasteiger partial charge in [0, 0.05) is 0 Å². The number of nitrogens with zero attached hydrogens (tertiary/aromatic N) is 1. The van der Waals surface area contributed by atoms with Gasteiger partial charge in [-0.15, -0.1) is 0 Å². The number of carbonyl (C=O) groups excluding carboxylic acids is 2. The van der Waals surface area contributed by atoms with Gasteiger partial charge in [-0.2, -0.15) is 4.37 Å². The number of hydrogen-bond donors (Lipinski definition) is 1. The Kier molecular flexibility index (Phi) is 3.64. The number of ether oxygens (including phenoxy) is 1. The third-order valence-corrected chi connectivity index (χ3v) is 5.42. The van der Waals surface area contributed by atoms with Crippen LogP contribution >= 0.6 is 34.7 Å². The molecule has 1 N–H and O–H groups in total. The molecule has 0 atom stereocenters. The van der Waals surface area contributed by atoms with Gasteiger partial charge in [-0.05, 0) is 43.6 Å². The zero-order chi connectivity index (χ0) is 14.3. The molecule has 2 aliphatic carbocycles. The highest BCUT2D eigenvalue weighted by atomic mass is 35.5. The summed E-state index contributed by atoms with van der Waals surface area (Å²) in [5.74, 6) is -0.773. The van der Waals surface area contributed by atoms with E-state index in [2.05, 4.69) is 9.69 Å². The quantitative estimate of drug-likeness (QED) is 0.859. The van der Waals surface area contributed by atoms with Gasteiger partial charge in [0.25, 0.3) is 5.91 Å². The first kappa shape index (κ1) is 14.1. The summed E-state index contributed by atoms with van der Waals surface area (Å²) in [5, 5.41) is 2.93. The van der Waals surface area contributed by atoms with E-state index in [9.17, 15) is 9.59 Å². The van der Waals surface area contributed by atoms with E-state index in [0.717, 1.165) is 30.8 Å². The van der Waals surface area contributed by atoms with Gasteiger partial charge in [-0.3, -0.25) is 4.79 Å². The highest BCUT2D eigenvalue weighted by Gasteiger charge is 2.54. The number of esters is 1. The van der Waals surface area contributed by atoms with Crippen molar-refractivity contribution in [2.75, 3.05) is 0 Å². The fourth-order valence-corrected chi connectivity index (χ4v) is 3.04. The first-order valence-electron chi connectivity index (χ1n) is 6.36. The van der Waals surface area contributed by atoms with Gasteiger partial charge in [0.15, 0.2) is 5.15 Å². The fraction of sp³-hybridized carbons (Fsp3) is 0.583. The van der Waals surface area contributed by atoms with Crippen LogP contribution in [-0.4, -0.2) is 27.9 Å². The number of hydrogen-bond acceptors (Lipinski definition) is 5. The predicted molar refractivity (Wildman–Crippen MR) is 75.3 cm³/mol. The minimum Gasteiger partial charge on any atom is -0.461 e. The van der Waals surface area contributed by atoms with Crippen molar-refractivity contribution >= 4 is 46.6 Å². The van der Waals surface area contributed by atoms with Crippen molar-refractivity contribution in [3.8, 4) is 0 Å². The minimum atomic E-state index is -0.882. The summed E-state index contributed by atoms with van der Waals surface area (Å²) in [6.07, 6.45) is 4.10. The lowest BCUT2D eigenvalue weighted by atomic mass is 9.96. The normalized spacial score (nSPS) is 20.1. The van der Waals surface area contributed by atoms with Crippen LogP contribution in [0.25, 0.3) is 0 Å².